The van der Waals surface area contributed by atoms with Crippen molar-refractivity contribution >= 4 is 33.3 Å². The molecule has 1 N–H and O–H groups in total. The first-order chi connectivity index (χ1) is 9.47. The van der Waals surface area contributed by atoms with Gasteiger partial charge in [0.15, 0.2) is 5.78 Å². The number of nitrogens with one attached hydrogen (secondary N) is 1. The maximum Gasteiger partial charge on any atom is 0.273 e. The van der Waals surface area contributed by atoms with Gasteiger partial charge in [-0.1, -0.05) is 15.9 Å². The maximum atomic E-state index is 12.2. The molecule has 0 fully saturated rings. The van der Waals surface area contributed by atoms with Crippen LogP contribution >= 0.6 is 15.9 Å². The van der Waals surface area contributed by atoms with Crippen molar-refractivity contribution in [3.8, 4) is 0 Å². The third kappa shape index (κ3) is 3.33. The molecule has 0 aliphatic carbocycles. The largest absolute Gasteiger partial charge is 0.320 e. The molecule has 0 atom stereocenters. The molecule has 0 spiro atoms. The summed E-state index contributed by atoms with van der Waals surface area (Å²) in [5.74, 6) is -0.336. The second-order valence-corrected chi connectivity index (χ2v) is 5.41. The zero-order valence-corrected chi connectivity index (χ0v) is 12.8. The Morgan fingerprint density at radius 3 is 2.75 bits per heavy atom. The average molecular weight is 336 g/mol. The van der Waals surface area contributed by atoms with Crippen molar-refractivity contribution in [3.05, 3.63) is 46.2 Å². The fourth-order valence-electron chi connectivity index (χ4n) is 1.82. The highest BCUT2D eigenvalue weighted by molar-refractivity contribution is 9.10. The number of carbonyl (C=O) groups is 2. The van der Waals surface area contributed by atoms with E-state index in [4.69, 9.17) is 0 Å². The van der Waals surface area contributed by atoms with E-state index in [9.17, 15) is 9.59 Å². The number of ketones is 1. The van der Waals surface area contributed by atoms with Crippen LogP contribution in [0.2, 0.25) is 0 Å². The highest BCUT2D eigenvalue weighted by atomic mass is 79.9. The molecule has 1 aromatic heterocycles. The lowest BCUT2D eigenvalue weighted by atomic mass is 10.2. The summed E-state index contributed by atoms with van der Waals surface area (Å²) < 4.78 is 2.35. The number of benzene rings is 1. The molecule has 0 saturated carbocycles. The molecule has 0 aliphatic heterocycles. The van der Waals surface area contributed by atoms with Crippen LogP contribution in [0.25, 0.3) is 0 Å². The van der Waals surface area contributed by atoms with Gasteiger partial charge >= 0.3 is 0 Å². The zero-order chi connectivity index (χ0) is 14.7. The van der Waals surface area contributed by atoms with Crippen LogP contribution in [0.3, 0.4) is 0 Å². The standard InChI is InChI=1S/C14H14BrN3O2/c1-9-7-11(15)3-4-12(9)17-14(20)13-5-6-16-18(13)8-10(2)19/h3-7H,8H2,1-2H3,(H,17,20). The highest BCUT2D eigenvalue weighted by Gasteiger charge is 2.14. The molecule has 2 aromatic rings. The minimum Gasteiger partial charge on any atom is -0.320 e. The van der Waals surface area contributed by atoms with Crippen LogP contribution in [0.4, 0.5) is 5.69 Å². The third-order valence-electron chi connectivity index (χ3n) is 2.76. The first-order valence-electron chi connectivity index (χ1n) is 6.06. The Balaban J connectivity index is 2.20. The lowest BCUT2D eigenvalue weighted by Crippen LogP contribution is -2.20. The number of Topliss-reactive ketones (excluding diaryl/α,β-unsaturated/α-hetero) is 1. The average Bonchev–Trinajstić information content (AvgIpc) is 2.80. The van der Waals surface area contributed by atoms with Gasteiger partial charge < -0.3 is 5.32 Å². The first kappa shape index (κ1) is 14.5. The Kier molecular flexibility index (Phi) is 4.34. The number of hydrogen-bond acceptors (Lipinski definition) is 3. The number of nitrogens with zero attached hydrogens (tertiary/aromatic N) is 2. The summed E-state index contributed by atoms with van der Waals surface area (Å²) in [4.78, 5) is 23.4. The smallest absolute Gasteiger partial charge is 0.273 e. The lowest BCUT2D eigenvalue weighted by molar-refractivity contribution is -0.117. The maximum absolute atomic E-state index is 12.2. The number of aromatic nitrogens is 2. The number of anilines is 1. The van der Waals surface area contributed by atoms with Gasteiger partial charge in [-0.15, -0.1) is 0 Å². The van der Waals surface area contributed by atoms with E-state index in [-0.39, 0.29) is 18.2 Å². The molecule has 1 heterocycles. The Morgan fingerprint density at radius 1 is 1.35 bits per heavy atom. The SMILES string of the molecule is CC(=O)Cn1nccc1C(=O)Nc1ccc(Br)cc1C. The van der Waals surface area contributed by atoms with Crippen LogP contribution < -0.4 is 5.32 Å². The van der Waals surface area contributed by atoms with Gasteiger partial charge in [0.05, 0.1) is 0 Å². The lowest BCUT2D eigenvalue weighted by Gasteiger charge is -2.09. The fourth-order valence-corrected chi connectivity index (χ4v) is 2.29. The Bertz CT molecular complexity index is 664. The Morgan fingerprint density at radius 2 is 2.10 bits per heavy atom. The van der Waals surface area contributed by atoms with Gasteiger partial charge in [-0.2, -0.15) is 5.10 Å². The van der Waals surface area contributed by atoms with Crippen LogP contribution in [0.1, 0.15) is 23.0 Å². The minimum atomic E-state index is -0.283. The first-order valence-corrected chi connectivity index (χ1v) is 6.85. The number of rotatable bonds is 4. The third-order valence-corrected chi connectivity index (χ3v) is 3.25. The van der Waals surface area contributed by atoms with E-state index in [1.807, 2.05) is 25.1 Å². The molecule has 6 heteroatoms. The molecule has 5 nitrogen and oxygen atoms in total. The predicted molar refractivity (Wildman–Crippen MR) is 79.7 cm³/mol. The molecule has 0 bridgehead atoms. The Labute approximate surface area is 125 Å². The second-order valence-electron chi connectivity index (χ2n) is 4.49. The molecule has 20 heavy (non-hydrogen) atoms. The van der Waals surface area contributed by atoms with Gasteiger partial charge in [0.2, 0.25) is 0 Å². The van der Waals surface area contributed by atoms with Gasteiger partial charge in [0.1, 0.15) is 12.2 Å². The number of carbonyl (C=O) groups excluding carboxylic acids is 2. The van der Waals surface area contributed by atoms with E-state index in [0.29, 0.717) is 5.69 Å². The zero-order valence-electron chi connectivity index (χ0n) is 11.2. The van der Waals surface area contributed by atoms with Crippen molar-refractivity contribution < 1.29 is 9.59 Å². The summed E-state index contributed by atoms with van der Waals surface area (Å²) in [6, 6.07) is 7.19. The summed E-state index contributed by atoms with van der Waals surface area (Å²) in [5.41, 5.74) is 2.04. The van der Waals surface area contributed by atoms with Crippen LogP contribution in [0, 0.1) is 6.92 Å². The van der Waals surface area contributed by atoms with Crippen molar-refractivity contribution in [3.63, 3.8) is 0 Å². The quantitative estimate of drug-likeness (QED) is 0.934. The van der Waals surface area contributed by atoms with Crippen molar-refractivity contribution in [2.75, 3.05) is 5.32 Å². The molecule has 0 unspecified atom stereocenters. The van der Waals surface area contributed by atoms with Crippen molar-refractivity contribution in [1.82, 2.24) is 9.78 Å². The molecular formula is C14H14BrN3O2. The van der Waals surface area contributed by atoms with Crippen molar-refractivity contribution in [2.24, 2.45) is 0 Å². The summed E-state index contributed by atoms with van der Waals surface area (Å²) in [6.45, 7) is 3.46. The number of halogens is 1. The summed E-state index contributed by atoms with van der Waals surface area (Å²) >= 11 is 3.38. The van der Waals surface area contributed by atoms with Gasteiger partial charge in [-0.25, -0.2) is 0 Å². The molecule has 1 aromatic carbocycles. The Hall–Kier alpha value is -1.95. The normalized spacial score (nSPS) is 10.3. The second kappa shape index (κ2) is 6.00. The van der Waals surface area contributed by atoms with Crippen LogP contribution in [-0.2, 0) is 11.3 Å². The molecule has 0 saturated heterocycles. The van der Waals surface area contributed by atoms with E-state index in [0.717, 1.165) is 15.7 Å². The number of hydrogen-bond donors (Lipinski definition) is 1. The summed E-state index contributed by atoms with van der Waals surface area (Å²) in [5, 5.41) is 6.80. The minimum absolute atomic E-state index is 0.0532. The fraction of sp³-hybridized carbons (Fsp3) is 0.214. The van der Waals surface area contributed by atoms with E-state index >= 15 is 0 Å². The molecule has 0 aliphatic rings. The summed E-state index contributed by atoms with van der Waals surface area (Å²) in [6.07, 6.45) is 1.51. The van der Waals surface area contributed by atoms with Crippen LogP contribution in [0.5, 0.6) is 0 Å². The van der Waals surface area contributed by atoms with Gasteiger partial charge in [0.25, 0.3) is 5.91 Å². The topological polar surface area (TPSA) is 64.0 Å². The molecule has 2 rings (SSSR count). The molecule has 0 radical (unpaired) electrons. The van der Waals surface area contributed by atoms with Crippen molar-refractivity contribution in [1.29, 1.82) is 0 Å². The van der Waals surface area contributed by atoms with Gasteiger partial charge in [0, 0.05) is 16.4 Å². The number of aryl methyl sites for hydroxylation is 1. The van der Waals surface area contributed by atoms with Crippen molar-refractivity contribution in [2.45, 2.75) is 20.4 Å². The summed E-state index contributed by atoms with van der Waals surface area (Å²) in [7, 11) is 0. The molecular weight excluding hydrogens is 322 g/mol. The predicted octanol–water partition coefficient (Wildman–Crippen LogP) is 2.80. The molecule has 104 valence electrons. The molecule has 1 amide bonds. The van der Waals surface area contributed by atoms with E-state index in [2.05, 4.69) is 26.3 Å². The van der Waals surface area contributed by atoms with Crippen LogP contribution in [-0.4, -0.2) is 21.5 Å². The van der Waals surface area contributed by atoms with E-state index < -0.39 is 0 Å². The van der Waals surface area contributed by atoms with E-state index in [1.54, 1.807) is 6.07 Å². The van der Waals surface area contributed by atoms with Crippen LogP contribution in [0.15, 0.2) is 34.9 Å². The number of amides is 1. The monoisotopic (exact) mass is 335 g/mol. The van der Waals surface area contributed by atoms with Gasteiger partial charge in [-0.05, 0) is 43.7 Å². The van der Waals surface area contributed by atoms with E-state index in [1.165, 1.54) is 17.8 Å². The van der Waals surface area contributed by atoms with Gasteiger partial charge in [-0.3, -0.25) is 14.3 Å². The highest BCUT2D eigenvalue weighted by Crippen LogP contribution is 2.20.